The first-order chi connectivity index (χ1) is 9.13. The van der Waals surface area contributed by atoms with Gasteiger partial charge in [0.1, 0.15) is 11.5 Å². The number of nitro benzene ring substituents is 1. The van der Waals surface area contributed by atoms with Crippen LogP contribution in [0.25, 0.3) is 10.9 Å². The van der Waals surface area contributed by atoms with E-state index in [1.165, 1.54) is 6.07 Å². The number of hydrogen-bond acceptors (Lipinski definition) is 3. The van der Waals surface area contributed by atoms with Crippen LogP contribution < -0.4 is 0 Å². The molecule has 0 spiro atoms. The zero-order valence-electron chi connectivity index (χ0n) is 10.4. The maximum absolute atomic E-state index is 10.7. The Balaban J connectivity index is 1.99. The van der Waals surface area contributed by atoms with Crippen LogP contribution in [-0.4, -0.2) is 9.49 Å². The van der Waals surface area contributed by atoms with Crippen LogP contribution in [0.4, 0.5) is 5.69 Å². The van der Waals surface area contributed by atoms with Crippen LogP contribution >= 0.6 is 0 Å². The van der Waals surface area contributed by atoms with Crippen molar-refractivity contribution in [3.05, 3.63) is 64.2 Å². The molecule has 96 valence electrons. The first-order valence-electron chi connectivity index (χ1n) is 5.92. The van der Waals surface area contributed by atoms with Crippen LogP contribution in [0.1, 0.15) is 11.5 Å². The lowest BCUT2D eigenvalue weighted by Crippen LogP contribution is -1.96. The monoisotopic (exact) mass is 256 g/mol. The summed E-state index contributed by atoms with van der Waals surface area (Å²) in [6.45, 7) is 2.52. The van der Waals surface area contributed by atoms with Gasteiger partial charge >= 0.3 is 0 Å². The molecule has 0 N–H and O–H groups in total. The molecule has 2 heterocycles. The third kappa shape index (κ3) is 2.10. The quantitative estimate of drug-likeness (QED) is 0.532. The van der Waals surface area contributed by atoms with Crippen LogP contribution in [0.3, 0.4) is 0 Å². The average Bonchev–Trinajstić information content (AvgIpc) is 2.96. The average molecular weight is 256 g/mol. The summed E-state index contributed by atoms with van der Waals surface area (Å²) in [6.07, 6.45) is 1.91. The molecule has 0 aliphatic heterocycles. The van der Waals surface area contributed by atoms with E-state index in [0.29, 0.717) is 6.54 Å². The molecular weight excluding hydrogens is 244 g/mol. The van der Waals surface area contributed by atoms with Gasteiger partial charge in [-0.15, -0.1) is 0 Å². The van der Waals surface area contributed by atoms with Gasteiger partial charge in [0.2, 0.25) is 0 Å². The molecule has 3 aromatic rings. The summed E-state index contributed by atoms with van der Waals surface area (Å²) in [5.41, 5.74) is 1.07. The summed E-state index contributed by atoms with van der Waals surface area (Å²) in [4.78, 5) is 10.3. The van der Waals surface area contributed by atoms with Crippen LogP contribution in [0.15, 0.2) is 47.0 Å². The number of nitro groups is 1. The smallest absolute Gasteiger partial charge is 0.270 e. The van der Waals surface area contributed by atoms with Gasteiger partial charge < -0.3 is 8.98 Å². The van der Waals surface area contributed by atoms with E-state index in [1.54, 1.807) is 12.1 Å². The molecule has 1 aromatic carbocycles. The number of rotatable bonds is 3. The lowest BCUT2D eigenvalue weighted by atomic mass is 10.2. The summed E-state index contributed by atoms with van der Waals surface area (Å²) in [6, 6.07) is 10.6. The Labute approximate surface area is 109 Å². The standard InChI is InChI=1S/C14H12N2O3/c1-10-2-4-13(19-10)9-15-7-6-11-8-12(16(17)18)3-5-14(11)15/h2-8H,9H2,1H3. The molecule has 3 rings (SSSR count). The maximum Gasteiger partial charge on any atom is 0.270 e. The van der Waals surface area contributed by atoms with Gasteiger partial charge in [-0.1, -0.05) is 0 Å². The summed E-state index contributed by atoms with van der Waals surface area (Å²) < 4.78 is 7.55. The molecule has 19 heavy (non-hydrogen) atoms. The third-order valence-electron chi connectivity index (χ3n) is 3.09. The number of aromatic nitrogens is 1. The van der Waals surface area contributed by atoms with Crippen molar-refractivity contribution in [2.24, 2.45) is 0 Å². The van der Waals surface area contributed by atoms with Crippen molar-refractivity contribution in [1.29, 1.82) is 0 Å². The predicted molar refractivity (Wildman–Crippen MR) is 71.1 cm³/mol. The number of furan rings is 1. The Hall–Kier alpha value is -2.56. The molecule has 5 heteroatoms. The first-order valence-corrected chi connectivity index (χ1v) is 5.92. The maximum atomic E-state index is 10.7. The summed E-state index contributed by atoms with van der Waals surface area (Å²) in [7, 11) is 0. The normalized spacial score (nSPS) is 11.0. The minimum absolute atomic E-state index is 0.110. The topological polar surface area (TPSA) is 61.2 Å². The van der Waals surface area contributed by atoms with E-state index in [0.717, 1.165) is 22.4 Å². The molecule has 0 bridgehead atoms. The second kappa shape index (κ2) is 4.28. The fraction of sp³-hybridized carbons (Fsp3) is 0.143. The van der Waals surface area contributed by atoms with E-state index in [-0.39, 0.29) is 10.6 Å². The molecule has 0 aliphatic rings. The highest BCUT2D eigenvalue weighted by Crippen LogP contribution is 2.23. The Morgan fingerprint density at radius 2 is 2.11 bits per heavy atom. The zero-order chi connectivity index (χ0) is 13.4. The molecule has 0 unspecified atom stereocenters. The van der Waals surface area contributed by atoms with E-state index in [2.05, 4.69) is 0 Å². The Morgan fingerprint density at radius 1 is 1.26 bits per heavy atom. The number of benzene rings is 1. The third-order valence-corrected chi connectivity index (χ3v) is 3.09. The van der Waals surface area contributed by atoms with Gasteiger partial charge in [0.15, 0.2) is 0 Å². The first kappa shape index (κ1) is 11.5. The van der Waals surface area contributed by atoms with Crippen molar-refractivity contribution in [3.8, 4) is 0 Å². The van der Waals surface area contributed by atoms with Gasteiger partial charge in [0, 0.05) is 29.2 Å². The van der Waals surface area contributed by atoms with Crippen molar-refractivity contribution in [1.82, 2.24) is 4.57 Å². The van der Waals surface area contributed by atoms with Gasteiger partial charge in [-0.05, 0) is 31.2 Å². The second-order valence-electron chi connectivity index (χ2n) is 4.46. The van der Waals surface area contributed by atoms with Crippen LogP contribution in [-0.2, 0) is 6.54 Å². The molecule has 0 aliphatic carbocycles. The number of aryl methyl sites for hydroxylation is 1. The number of non-ortho nitro benzene ring substituents is 1. The van der Waals surface area contributed by atoms with Crippen LogP contribution in [0, 0.1) is 17.0 Å². The summed E-state index contributed by atoms with van der Waals surface area (Å²) in [5, 5.41) is 11.6. The van der Waals surface area contributed by atoms with Gasteiger partial charge in [0.05, 0.1) is 11.5 Å². The van der Waals surface area contributed by atoms with E-state index in [4.69, 9.17) is 4.42 Å². The van der Waals surface area contributed by atoms with Crippen LogP contribution in [0.2, 0.25) is 0 Å². The van der Waals surface area contributed by atoms with Gasteiger partial charge in [0.25, 0.3) is 5.69 Å². The molecule has 0 atom stereocenters. The molecular formula is C14H12N2O3. The Kier molecular flexibility index (Phi) is 2.59. The minimum atomic E-state index is -0.382. The summed E-state index contributed by atoms with van der Waals surface area (Å²) >= 11 is 0. The van der Waals surface area contributed by atoms with E-state index in [1.807, 2.05) is 35.9 Å². The highest BCUT2D eigenvalue weighted by atomic mass is 16.6. The molecule has 0 radical (unpaired) electrons. The van der Waals surface area contributed by atoms with E-state index in [9.17, 15) is 10.1 Å². The number of fused-ring (bicyclic) bond motifs is 1. The molecule has 0 fully saturated rings. The second-order valence-corrected chi connectivity index (χ2v) is 4.46. The van der Waals surface area contributed by atoms with Crippen molar-refractivity contribution in [2.45, 2.75) is 13.5 Å². The highest BCUT2D eigenvalue weighted by Gasteiger charge is 2.09. The van der Waals surface area contributed by atoms with Gasteiger partial charge in [-0.25, -0.2) is 0 Å². The van der Waals surface area contributed by atoms with Gasteiger partial charge in [-0.2, -0.15) is 0 Å². The molecule has 0 saturated carbocycles. The largest absolute Gasteiger partial charge is 0.464 e. The molecule has 5 nitrogen and oxygen atoms in total. The number of hydrogen-bond donors (Lipinski definition) is 0. The zero-order valence-corrected chi connectivity index (χ0v) is 10.4. The molecule has 2 aromatic heterocycles. The van der Waals surface area contributed by atoms with E-state index >= 15 is 0 Å². The minimum Gasteiger partial charge on any atom is -0.464 e. The number of nitrogens with zero attached hydrogens (tertiary/aromatic N) is 2. The Bertz CT molecular complexity index is 755. The van der Waals surface area contributed by atoms with Crippen molar-refractivity contribution in [3.63, 3.8) is 0 Å². The summed E-state index contributed by atoms with van der Waals surface area (Å²) in [5.74, 6) is 1.75. The van der Waals surface area contributed by atoms with E-state index < -0.39 is 0 Å². The lowest BCUT2D eigenvalue weighted by Gasteiger charge is -2.02. The predicted octanol–water partition coefficient (Wildman–Crippen LogP) is 3.50. The van der Waals surface area contributed by atoms with Gasteiger partial charge in [-0.3, -0.25) is 10.1 Å². The van der Waals surface area contributed by atoms with Crippen molar-refractivity contribution in [2.75, 3.05) is 0 Å². The van der Waals surface area contributed by atoms with Crippen molar-refractivity contribution >= 4 is 16.6 Å². The lowest BCUT2D eigenvalue weighted by molar-refractivity contribution is -0.384. The Morgan fingerprint density at radius 3 is 2.79 bits per heavy atom. The van der Waals surface area contributed by atoms with Crippen LogP contribution in [0.5, 0.6) is 0 Å². The molecule has 0 amide bonds. The fourth-order valence-corrected chi connectivity index (χ4v) is 2.18. The highest BCUT2D eigenvalue weighted by molar-refractivity contribution is 5.82. The fourth-order valence-electron chi connectivity index (χ4n) is 2.18. The SMILES string of the molecule is Cc1ccc(Cn2ccc3cc([N+](=O)[O-])ccc32)o1. The van der Waals surface area contributed by atoms with Crippen molar-refractivity contribution < 1.29 is 9.34 Å². The molecule has 0 saturated heterocycles.